The number of amides is 2. The third-order valence-electron chi connectivity index (χ3n) is 6.00. The molecule has 0 aliphatic carbocycles. The van der Waals surface area contributed by atoms with Crippen LogP contribution < -0.4 is 19.3 Å². The SMILES string of the molecule is CC(C)(C)OC(=O)N1CCN(S(C)(=O)=O)c2cc3cc(C(=O)Nc4cc(Cl)nc(Oc5ccc(Cl)cc5)c4)sc3cc21. The van der Waals surface area contributed by atoms with Gasteiger partial charge in [-0.25, -0.2) is 18.2 Å². The van der Waals surface area contributed by atoms with Gasteiger partial charge in [-0.15, -0.1) is 11.3 Å². The number of fused-ring (bicyclic) bond motifs is 2. The number of hydrogen-bond acceptors (Lipinski definition) is 8. The first kappa shape index (κ1) is 29.9. The first-order valence-electron chi connectivity index (χ1n) is 12.6. The normalized spacial score (nSPS) is 13.6. The quantitative estimate of drug-likeness (QED) is 0.228. The number of halogens is 2. The predicted octanol–water partition coefficient (Wildman–Crippen LogP) is 7.17. The van der Waals surface area contributed by atoms with Crippen molar-refractivity contribution in [2.75, 3.05) is 33.9 Å². The Bertz CT molecular complexity index is 1800. The monoisotopic (exact) mass is 648 g/mol. The smallest absolute Gasteiger partial charge is 0.414 e. The van der Waals surface area contributed by atoms with Gasteiger partial charge in [-0.05, 0) is 74.7 Å². The van der Waals surface area contributed by atoms with Crippen molar-refractivity contribution in [3.05, 3.63) is 69.7 Å². The van der Waals surface area contributed by atoms with Gasteiger partial charge in [-0.1, -0.05) is 23.2 Å². The molecule has 0 atom stereocenters. The molecule has 42 heavy (non-hydrogen) atoms. The van der Waals surface area contributed by atoms with Crippen LogP contribution in [0.3, 0.4) is 0 Å². The maximum absolute atomic E-state index is 13.3. The van der Waals surface area contributed by atoms with Crippen molar-refractivity contribution < 1.29 is 27.5 Å². The molecule has 2 aromatic carbocycles. The van der Waals surface area contributed by atoms with Crippen LogP contribution in [0.15, 0.2) is 54.6 Å². The van der Waals surface area contributed by atoms with Crippen LogP contribution in [0.1, 0.15) is 30.4 Å². The maximum Gasteiger partial charge on any atom is 0.414 e. The lowest BCUT2D eigenvalue weighted by atomic mass is 10.1. The topological polar surface area (TPSA) is 118 Å². The fourth-order valence-corrected chi connectivity index (χ4v) is 6.50. The molecule has 0 saturated heterocycles. The molecule has 0 unspecified atom stereocenters. The van der Waals surface area contributed by atoms with E-state index in [1.807, 2.05) is 0 Å². The van der Waals surface area contributed by atoms with E-state index in [4.69, 9.17) is 32.7 Å². The van der Waals surface area contributed by atoms with Crippen molar-refractivity contribution >= 4 is 83.7 Å². The van der Waals surface area contributed by atoms with E-state index in [1.165, 1.54) is 32.7 Å². The summed E-state index contributed by atoms with van der Waals surface area (Å²) in [6, 6.07) is 14.7. The number of carbonyl (C=O) groups is 2. The molecule has 14 heteroatoms. The zero-order chi connectivity index (χ0) is 30.4. The number of carbonyl (C=O) groups excluding carboxylic acids is 2. The van der Waals surface area contributed by atoms with Crippen LogP contribution in [0, 0.1) is 0 Å². The van der Waals surface area contributed by atoms with Crippen LogP contribution in [0.5, 0.6) is 11.6 Å². The average Bonchev–Trinajstić information content (AvgIpc) is 3.29. The molecule has 1 aliphatic rings. The largest absolute Gasteiger partial charge is 0.443 e. The lowest BCUT2D eigenvalue weighted by Crippen LogP contribution is -2.47. The Morgan fingerprint density at radius 1 is 1.00 bits per heavy atom. The van der Waals surface area contributed by atoms with Crippen LogP contribution >= 0.6 is 34.5 Å². The van der Waals surface area contributed by atoms with Gasteiger partial charge in [-0.2, -0.15) is 0 Å². The van der Waals surface area contributed by atoms with Gasteiger partial charge in [0.1, 0.15) is 16.5 Å². The number of pyridine rings is 1. The summed E-state index contributed by atoms with van der Waals surface area (Å²) in [5, 5.41) is 4.12. The van der Waals surface area contributed by atoms with Crippen LogP contribution in [-0.2, 0) is 14.8 Å². The minimum Gasteiger partial charge on any atom is -0.443 e. The van der Waals surface area contributed by atoms with Gasteiger partial charge in [-0.3, -0.25) is 14.0 Å². The summed E-state index contributed by atoms with van der Waals surface area (Å²) in [5.41, 5.74) is 0.336. The number of nitrogens with one attached hydrogen (secondary N) is 1. The highest BCUT2D eigenvalue weighted by molar-refractivity contribution is 7.92. The molecule has 0 spiro atoms. The number of aromatic nitrogens is 1. The van der Waals surface area contributed by atoms with E-state index < -0.39 is 27.6 Å². The number of ether oxygens (including phenoxy) is 2. The number of nitrogens with zero attached hydrogens (tertiary/aromatic N) is 3. The Morgan fingerprint density at radius 3 is 2.38 bits per heavy atom. The maximum atomic E-state index is 13.3. The molecule has 0 saturated carbocycles. The van der Waals surface area contributed by atoms with Gasteiger partial charge in [0.05, 0.1) is 29.1 Å². The molecule has 2 aromatic heterocycles. The van der Waals surface area contributed by atoms with Gasteiger partial charge in [0, 0.05) is 28.0 Å². The number of thiophene rings is 1. The van der Waals surface area contributed by atoms with Crippen LogP contribution in [0.2, 0.25) is 10.2 Å². The minimum absolute atomic E-state index is 0.0668. The third kappa shape index (κ3) is 6.73. The average molecular weight is 650 g/mol. The summed E-state index contributed by atoms with van der Waals surface area (Å²) in [5.74, 6) is 0.244. The summed E-state index contributed by atoms with van der Waals surface area (Å²) >= 11 is 13.3. The van der Waals surface area contributed by atoms with Gasteiger partial charge in [0.25, 0.3) is 5.91 Å². The molecule has 0 bridgehead atoms. The second-order valence-electron chi connectivity index (χ2n) is 10.5. The predicted molar refractivity (Wildman–Crippen MR) is 166 cm³/mol. The Hall–Kier alpha value is -3.58. The summed E-state index contributed by atoms with van der Waals surface area (Å²) in [4.78, 5) is 32.2. The summed E-state index contributed by atoms with van der Waals surface area (Å²) < 4.78 is 38.4. The van der Waals surface area contributed by atoms with Crippen molar-refractivity contribution in [2.45, 2.75) is 26.4 Å². The van der Waals surface area contributed by atoms with Crippen molar-refractivity contribution in [1.82, 2.24) is 4.98 Å². The minimum atomic E-state index is -3.63. The zero-order valence-electron chi connectivity index (χ0n) is 23.0. The van der Waals surface area contributed by atoms with Crippen LogP contribution in [0.25, 0.3) is 10.1 Å². The zero-order valence-corrected chi connectivity index (χ0v) is 26.1. The highest BCUT2D eigenvalue weighted by atomic mass is 35.5. The highest BCUT2D eigenvalue weighted by Gasteiger charge is 2.34. The first-order valence-corrected chi connectivity index (χ1v) is 16.1. The Balaban J connectivity index is 1.45. The fourth-order valence-electron chi connectivity index (χ4n) is 4.29. The molecule has 1 aliphatic heterocycles. The van der Waals surface area contributed by atoms with E-state index >= 15 is 0 Å². The first-order chi connectivity index (χ1) is 19.7. The molecule has 5 rings (SSSR count). The molecule has 4 aromatic rings. The van der Waals surface area contributed by atoms with Gasteiger partial charge >= 0.3 is 6.09 Å². The number of hydrogen-bond donors (Lipinski definition) is 1. The summed E-state index contributed by atoms with van der Waals surface area (Å²) in [6.45, 7) is 5.46. The molecule has 0 fully saturated rings. The molecule has 220 valence electrons. The molecule has 2 amide bonds. The van der Waals surface area contributed by atoms with Crippen LogP contribution in [-0.4, -0.2) is 50.3 Å². The van der Waals surface area contributed by atoms with Crippen LogP contribution in [0.4, 0.5) is 21.9 Å². The lowest BCUT2D eigenvalue weighted by molar-refractivity contribution is 0.0580. The van der Waals surface area contributed by atoms with Crippen molar-refractivity contribution in [3.63, 3.8) is 0 Å². The summed E-state index contributed by atoms with van der Waals surface area (Å²) in [6.07, 6.45) is 0.526. The van der Waals surface area contributed by atoms with Crippen molar-refractivity contribution in [3.8, 4) is 11.6 Å². The third-order valence-corrected chi connectivity index (χ3v) is 8.72. The van der Waals surface area contributed by atoms with E-state index in [1.54, 1.807) is 63.2 Å². The second-order valence-corrected chi connectivity index (χ2v) is 14.3. The standard InChI is InChI=1S/C28H26Cl2N4O6S2/c1-28(2,3)40-27(36)33-9-10-34(42(4,37)38)21-11-16-12-23(41-22(16)15-20(21)33)26(35)31-18-13-24(30)32-25(14-18)39-19-7-5-17(29)6-8-19/h5-8,11-15H,9-10H2,1-4H3,(H,31,32,35). The molecule has 1 N–H and O–H groups in total. The number of rotatable bonds is 5. The molecule has 10 nitrogen and oxygen atoms in total. The fraction of sp³-hybridized carbons (Fsp3) is 0.250. The Kier molecular flexibility index (Phi) is 8.01. The number of benzene rings is 2. The number of sulfonamides is 1. The van der Waals surface area contributed by atoms with Gasteiger partial charge in [0.2, 0.25) is 15.9 Å². The van der Waals surface area contributed by atoms with E-state index in [9.17, 15) is 18.0 Å². The van der Waals surface area contributed by atoms with E-state index in [-0.39, 0.29) is 24.1 Å². The second kappa shape index (κ2) is 11.3. The van der Waals surface area contributed by atoms with E-state index in [0.717, 1.165) is 6.26 Å². The van der Waals surface area contributed by atoms with E-state index in [2.05, 4.69) is 10.3 Å². The lowest BCUT2D eigenvalue weighted by Gasteiger charge is -2.37. The van der Waals surface area contributed by atoms with E-state index in [0.29, 0.717) is 42.8 Å². The van der Waals surface area contributed by atoms with Crippen molar-refractivity contribution in [1.29, 1.82) is 0 Å². The highest BCUT2D eigenvalue weighted by Crippen LogP contribution is 2.41. The molecular formula is C28H26Cl2N4O6S2. The molecular weight excluding hydrogens is 623 g/mol. The molecule has 0 radical (unpaired) electrons. The summed E-state index contributed by atoms with van der Waals surface area (Å²) in [7, 11) is -3.63. The van der Waals surface area contributed by atoms with Crippen molar-refractivity contribution in [2.24, 2.45) is 0 Å². The van der Waals surface area contributed by atoms with Gasteiger partial charge in [0.15, 0.2) is 0 Å². The Labute approximate surface area is 256 Å². The Morgan fingerprint density at radius 2 is 1.71 bits per heavy atom. The molecule has 3 heterocycles. The van der Waals surface area contributed by atoms with Gasteiger partial charge < -0.3 is 14.8 Å². The number of anilines is 3.